The van der Waals surface area contributed by atoms with Crippen LogP contribution in [-0.4, -0.2) is 16.0 Å². The molecule has 2 aromatic rings. The van der Waals surface area contributed by atoms with Crippen LogP contribution in [0.4, 0.5) is 13.9 Å². The van der Waals surface area contributed by atoms with Crippen molar-refractivity contribution in [1.82, 2.24) is 9.36 Å². The maximum Gasteiger partial charge on any atom is 0.387 e. The lowest BCUT2D eigenvalue weighted by molar-refractivity contribution is -0.0498. The topological polar surface area (TPSA) is 47.0 Å². The molecule has 0 spiro atoms. The van der Waals surface area contributed by atoms with E-state index in [-0.39, 0.29) is 11.8 Å². The summed E-state index contributed by atoms with van der Waals surface area (Å²) in [6.07, 6.45) is 2.36. The van der Waals surface area contributed by atoms with Crippen LogP contribution in [0, 0.1) is 0 Å². The van der Waals surface area contributed by atoms with E-state index >= 15 is 0 Å². The van der Waals surface area contributed by atoms with Gasteiger partial charge in [-0.3, -0.25) is 0 Å². The lowest BCUT2D eigenvalue weighted by atomic mass is 10.1. The zero-order valence-corrected chi connectivity index (χ0v) is 12.2. The molecule has 1 saturated carbocycles. The van der Waals surface area contributed by atoms with Crippen molar-refractivity contribution in [3.05, 3.63) is 35.7 Å². The molecule has 0 amide bonds. The summed E-state index contributed by atoms with van der Waals surface area (Å²) in [5.74, 6) is 1.63. The van der Waals surface area contributed by atoms with Crippen LogP contribution >= 0.6 is 11.5 Å². The average Bonchev–Trinajstić information content (AvgIpc) is 3.20. The monoisotopic (exact) mass is 311 g/mol. The van der Waals surface area contributed by atoms with Crippen LogP contribution in [0.5, 0.6) is 5.75 Å². The number of ether oxygens (including phenoxy) is 1. The Labute approximate surface area is 125 Å². The molecular formula is C14H15F2N3OS. The first-order valence-corrected chi connectivity index (χ1v) is 7.54. The van der Waals surface area contributed by atoms with Gasteiger partial charge in [0.05, 0.1) is 6.04 Å². The molecule has 1 aromatic carbocycles. The molecule has 1 aliphatic carbocycles. The summed E-state index contributed by atoms with van der Waals surface area (Å²) in [6, 6.07) is 6.62. The molecule has 1 aliphatic rings. The van der Waals surface area contributed by atoms with E-state index in [4.69, 9.17) is 0 Å². The smallest absolute Gasteiger partial charge is 0.387 e. The molecule has 0 bridgehead atoms. The van der Waals surface area contributed by atoms with Crippen LogP contribution in [0.25, 0.3) is 0 Å². The largest absolute Gasteiger partial charge is 0.435 e. The Morgan fingerprint density at radius 1 is 1.29 bits per heavy atom. The van der Waals surface area contributed by atoms with Crippen molar-refractivity contribution in [1.29, 1.82) is 0 Å². The van der Waals surface area contributed by atoms with Crippen molar-refractivity contribution in [2.24, 2.45) is 0 Å². The fraction of sp³-hybridized carbons (Fsp3) is 0.429. The summed E-state index contributed by atoms with van der Waals surface area (Å²) in [6.45, 7) is -0.810. The molecule has 1 heterocycles. The number of nitrogens with one attached hydrogen (secondary N) is 1. The highest BCUT2D eigenvalue weighted by molar-refractivity contribution is 7.09. The quantitative estimate of drug-likeness (QED) is 0.869. The first-order chi connectivity index (χ1) is 10.1. The Morgan fingerprint density at radius 3 is 2.62 bits per heavy atom. The summed E-state index contributed by atoms with van der Waals surface area (Å²) in [7, 11) is 0. The first-order valence-electron chi connectivity index (χ1n) is 6.77. The maximum atomic E-state index is 12.1. The number of hydrogen-bond donors (Lipinski definition) is 1. The van der Waals surface area contributed by atoms with E-state index in [1.165, 1.54) is 36.5 Å². The minimum atomic E-state index is -2.80. The number of anilines is 1. The van der Waals surface area contributed by atoms with Gasteiger partial charge in [0.15, 0.2) is 0 Å². The predicted molar refractivity (Wildman–Crippen MR) is 77.0 cm³/mol. The van der Waals surface area contributed by atoms with Gasteiger partial charge in [-0.15, -0.1) is 0 Å². The van der Waals surface area contributed by atoms with Gasteiger partial charge < -0.3 is 10.1 Å². The Morgan fingerprint density at radius 2 is 2.00 bits per heavy atom. The maximum absolute atomic E-state index is 12.1. The van der Waals surface area contributed by atoms with E-state index < -0.39 is 6.61 Å². The van der Waals surface area contributed by atoms with E-state index in [2.05, 4.69) is 19.4 Å². The molecule has 1 fully saturated rings. The normalized spacial score (nSPS) is 16.0. The Balaban J connectivity index is 1.62. The van der Waals surface area contributed by atoms with E-state index in [9.17, 15) is 8.78 Å². The van der Waals surface area contributed by atoms with Crippen LogP contribution in [0.2, 0.25) is 0 Å². The summed E-state index contributed by atoms with van der Waals surface area (Å²) in [5, 5.41) is 4.07. The highest BCUT2D eigenvalue weighted by Gasteiger charge is 2.28. The van der Waals surface area contributed by atoms with Crippen LogP contribution in [-0.2, 0) is 0 Å². The van der Waals surface area contributed by atoms with Crippen molar-refractivity contribution < 1.29 is 13.5 Å². The van der Waals surface area contributed by atoms with Gasteiger partial charge in [0, 0.05) is 17.5 Å². The Hall–Kier alpha value is -1.76. The third kappa shape index (κ3) is 3.66. The fourth-order valence-electron chi connectivity index (χ4n) is 2.01. The standard InChI is InChI=1S/C14H15F2N3OS/c1-8(9-4-6-11(7-5-9)20-13(15)16)17-14-18-12(19-21-14)10-2-3-10/h4-8,10,13H,2-3H2,1H3,(H,17,18,19). The molecule has 1 aromatic heterocycles. The SMILES string of the molecule is CC(Nc1nc(C2CC2)ns1)c1ccc(OC(F)F)cc1. The number of hydrogen-bond acceptors (Lipinski definition) is 5. The molecule has 4 nitrogen and oxygen atoms in total. The van der Waals surface area contributed by atoms with E-state index in [1.807, 2.05) is 6.92 Å². The third-order valence-electron chi connectivity index (χ3n) is 3.33. The lowest BCUT2D eigenvalue weighted by Gasteiger charge is -2.13. The first kappa shape index (κ1) is 14.2. The van der Waals surface area contributed by atoms with Crippen molar-refractivity contribution in [3.63, 3.8) is 0 Å². The van der Waals surface area contributed by atoms with Gasteiger partial charge in [0.2, 0.25) is 5.13 Å². The van der Waals surface area contributed by atoms with Crippen LogP contribution in [0.3, 0.4) is 0 Å². The molecule has 0 radical (unpaired) electrons. The molecular weight excluding hydrogens is 296 g/mol. The minimum absolute atomic E-state index is 0.0191. The average molecular weight is 311 g/mol. The number of aromatic nitrogens is 2. The van der Waals surface area contributed by atoms with Gasteiger partial charge in [0.1, 0.15) is 11.6 Å². The third-order valence-corrected chi connectivity index (χ3v) is 3.99. The van der Waals surface area contributed by atoms with Crippen LogP contribution in [0.15, 0.2) is 24.3 Å². The van der Waals surface area contributed by atoms with Crippen molar-refractivity contribution in [2.45, 2.75) is 38.3 Å². The van der Waals surface area contributed by atoms with Crippen LogP contribution in [0.1, 0.15) is 43.1 Å². The zero-order chi connectivity index (χ0) is 14.8. The molecule has 0 saturated heterocycles. The molecule has 0 aliphatic heterocycles. The highest BCUT2D eigenvalue weighted by atomic mass is 32.1. The molecule has 1 N–H and O–H groups in total. The second kappa shape index (κ2) is 5.93. The van der Waals surface area contributed by atoms with Gasteiger partial charge in [-0.05, 0) is 37.5 Å². The van der Waals surface area contributed by atoms with E-state index in [1.54, 1.807) is 12.1 Å². The van der Waals surface area contributed by atoms with Gasteiger partial charge in [-0.2, -0.15) is 13.2 Å². The second-order valence-electron chi connectivity index (χ2n) is 5.05. The molecule has 7 heteroatoms. The van der Waals surface area contributed by atoms with E-state index in [0.717, 1.165) is 16.5 Å². The van der Waals surface area contributed by atoms with E-state index in [0.29, 0.717) is 5.92 Å². The van der Waals surface area contributed by atoms with Gasteiger partial charge in [0.25, 0.3) is 0 Å². The molecule has 1 unspecified atom stereocenters. The second-order valence-corrected chi connectivity index (χ2v) is 5.80. The molecule has 112 valence electrons. The molecule has 21 heavy (non-hydrogen) atoms. The molecule has 3 rings (SSSR count). The number of rotatable bonds is 6. The molecule has 1 atom stereocenters. The van der Waals surface area contributed by atoms with Crippen LogP contribution < -0.4 is 10.1 Å². The summed E-state index contributed by atoms with van der Waals surface area (Å²) < 4.78 is 32.8. The predicted octanol–water partition coefficient (Wildman–Crippen LogP) is 4.19. The zero-order valence-electron chi connectivity index (χ0n) is 11.4. The van der Waals surface area contributed by atoms with Gasteiger partial charge in [-0.25, -0.2) is 4.98 Å². The fourth-order valence-corrected chi connectivity index (χ4v) is 2.74. The number of nitrogens with zero attached hydrogens (tertiary/aromatic N) is 2. The highest BCUT2D eigenvalue weighted by Crippen LogP contribution is 2.39. The van der Waals surface area contributed by atoms with Crippen molar-refractivity contribution in [2.75, 3.05) is 5.32 Å². The Kier molecular flexibility index (Phi) is 4.01. The number of benzene rings is 1. The summed E-state index contributed by atoms with van der Waals surface area (Å²) >= 11 is 1.36. The van der Waals surface area contributed by atoms with Gasteiger partial charge in [-0.1, -0.05) is 12.1 Å². The van der Waals surface area contributed by atoms with Crippen molar-refractivity contribution >= 4 is 16.7 Å². The number of alkyl halides is 2. The van der Waals surface area contributed by atoms with Gasteiger partial charge >= 0.3 is 6.61 Å². The Bertz CT molecular complexity index is 599. The minimum Gasteiger partial charge on any atom is -0.435 e. The lowest BCUT2D eigenvalue weighted by Crippen LogP contribution is -2.07. The van der Waals surface area contributed by atoms with Crippen molar-refractivity contribution in [3.8, 4) is 5.75 Å². The summed E-state index contributed by atoms with van der Waals surface area (Å²) in [4.78, 5) is 4.47. The summed E-state index contributed by atoms with van der Waals surface area (Å²) in [5.41, 5.74) is 0.972. The number of halogens is 2.